The lowest BCUT2D eigenvalue weighted by atomic mass is 10.0. The van der Waals surface area contributed by atoms with E-state index in [0.717, 1.165) is 27.1 Å². The fourth-order valence-electron chi connectivity index (χ4n) is 2.06. The SMILES string of the molecule is Brc1cccc(-c2ccccc2)c1Oc1ccccc1. The summed E-state index contributed by atoms with van der Waals surface area (Å²) < 4.78 is 6.99. The van der Waals surface area contributed by atoms with E-state index in [9.17, 15) is 0 Å². The number of hydrogen-bond acceptors (Lipinski definition) is 1. The molecular formula is C18H13BrO. The van der Waals surface area contributed by atoms with Gasteiger partial charge in [0.1, 0.15) is 11.5 Å². The second kappa shape index (κ2) is 5.93. The molecule has 0 spiro atoms. The summed E-state index contributed by atoms with van der Waals surface area (Å²) in [5.41, 5.74) is 2.21. The molecule has 3 aromatic rings. The molecule has 0 heterocycles. The summed E-state index contributed by atoms with van der Waals surface area (Å²) in [5.74, 6) is 1.67. The maximum absolute atomic E-state index is 6.05. The number of rotatable bonds is 3. The minimum Gasteiger partial charge on any atom is -0.456 e. The highest BCUT2D eigenvalue weighted by Crippen LogP contribution is 2.38. The maximum Gasteiger partial charge on any atom is 0.149 e. The highest BCUT2D eigenvalue weighted by atomic mass is 79.9. The molecule has 0 unspecified atom stereocenters. The van der Waals surface area contributed by atoms with Crippen LogP contribution in [0, 0.1) is 0 Å². The summed E-state index contributed by atoms with van der Waals surface area (Å²) in [6, 6.07) is 26.1. The maximum atomic E-state index is 6.05. The van der Waals surface area contributed by atoms with Gasteiger partial charge in [-0.15, -0.1) is 0 Å². The molecule has 1 nitrogen and oxygen atoms in total. The minimum absolute atomic E-state index is 0.830. The van der Waals surface area contributed by atoms with E-state index >= 15 is 0 Å². The normalized spacial score (nSPS) is 10.2. The second-order valence-corrected chi connectivity index (χ2v) is 5.25. The molecule has 2 heteroatoms. The van der Waals surface area contributed by atoms with Crippen molar-refractivity contribution >= 4 is 15.9 Å². The van der Waals surface area contributed by atoms with Crippen LogP contribution in [0.1, 0.15) is 0 Å². The second-order valence-electron chi connectivity index (χ2n) is 4.40. The Morgan fingerprint density at radius 3 is 2.00 bits per heavy atom. The third-order valence-electron chi connectivity index (χ3n) is 3.01. The van der Waals surface area contributed by atoms with Crippen LogP contribution in [0.2, 0.25) is 0 Å². The van der Waals surface area contributed by atoms with Crippen molar-refractivity contribution in [2.45, 2.75) is 0 Å². The summed E-state index contributed by atoms with van der Waals surface area (Å²) in [4.78, 5) is 0. The van der Waals surface area contributed by atoms with E-state index in [0.29, 0.717) is 0 Å². The lowest BCUT2D eigenvalue weighted by Gasteiger charge is -2.13. The lowest BCUT2D eigenvalue weighted by molar-refractivity contribution is 0.481. The van der Waals surface area contributed by atoms with E-state index in [4.69, 9.17) is 4.74 Å². The lowest BCUT2D eigenvalue weighted by Crippen LogP contribution is -1.89. The van der Waals surface area contributed by atoms with Gasteiger partial charge in [-0.05, 0) is 39.7 Å². The summed E-state index contributed by atoms with van der Waals surface area (Å²) in [5, 5.41) is 0. The minimum atomic E-state index is 0.830. The highest BCUT2D eigenvalue weighted by molar-refractivity contribution is 9.10. The Kier molecular flexibility index (Phi) is 3.84. The first kappa shape index (κ1) is 12.9. The van der Waals surface area contributed by atoms with Crippen LogP contribution in [-0.2, 0) is 0 Å². The van der Waals surface area contributed by atoms with Crippen molar-refractivity contribution in [3.05, 3.63) is 83.3 Å². The number of benzene rings is 3. The van der Waals surface area contributed by atoms with E-state index in [1.165, 1.54) is 0 Å². The fraction of sp³-hybridized carbons (Fsp3) is 0. The average Bonchev–Trinajstić information content (AvgIpc) is 2.51. The van der Waals surface area contributed by atoms with E-state index in [2.05, 4.69) is 34.1 Å². The van der Waals surface area contributed by atoms with Crippen LogP contribution in [0.3, 0.4) is 0 Å². The molecule has 0 aliphatic heterocycles. The van der Waals surface area contributed by atoms with Crippen molar-refractivity contribution < 1.29 is 4.74 Å². The Morgan fingerprint density at radius 2 is 1.30 bits per heavy atom. The van der Waals surface area contributed by atoms with E-state index < -0.39 is 0 Å². The predicted octanol–water partition coefficient (Wildman–Crippen LogP) is 5.91. The molecule has 3 aromatic carbocycles. The average molecular weight is 325 g/mol. The van der Waals surface area contributed by atoms with E-state index in [1.54, 1.807) is 0 Å². The number of ether oxygens (including phenoxy) is 1. The predicted molar refractivity (Wildman–Crippen MR) is 86.1 cm³/mol. The number of para-hydroxylation sites is 2. The van der Waals surface area contributed by atoms with Gasteiger partial charge in [-0.25, -0.2) is 0 Å². The van der Waals surface area contributed by atoms with Gasteiger partial charge < -0.3 is 4.74 Å². The van der Waals surface area contributed by atoms with Crippen LogP contribution in [0.5, 0.6) is 11.5 Å². The Bertz CT molecular complexity index is 693. The van der Waals surface area contributed by atoms with E-state index in [-0.39, 0.29) is 0 Å². The van der Waals surface area contributed by atoms with Crippen LogP contribution in [0.4, 0.5) is 0 Å². The molecule has 0 saturated heterocycles. The van der Waals surface area contributed by atoms with Crippen LogP contribution < -0.4 is 4.74 Å². The Labute approximate surface area is 127 Å². The third-order valence-corrected chi connectivity index (χ3v) is 3.64. The molecule has 0 aliphatic rings. The summed E-state index contributed by atoms with van der Waals surface area (Å²) >= 11 is 3.58. The van der Waals surface area contributed by atoms with Crippen molar-refractivity contribution in [3.8, 4) is 22.6 Å². The van der Waals surface area contributed by atoms with Gasteiger partial charge in [0, 0.05) is 5.56 Å². The molecule has 0 saturated carbocycles. The monoisotopic (exact) mass is 324 g/mol. The van der Waals surface area contributed by atoms with Gasteiger partial charge in [-0.2, -0.15) is 0 Å². The first-order valence-electron chi connectivity index (χ1n) is 6.41. The zero-order valence-corrected chi connectivity index (χ0v) is 12.4. The Balaban J connectivity index is 2.06. The smallest absolute Gasteiger partial charge is 0.149 e. The summed E-state index contributed by atoms with van der Waals surface area (Å²) in [7, 11) is 0. The molecule has 0 bridgehead atoms. The van der Waals surface area contributed by atoms with Crippen LogP contribution in [-0.4, -0.2) is 0 Å². The van der Waals surface area contributed by atoms with E-state index in [1.807, 2.05) is 60.7 Å². The molecule has 3 rings (SSSR count). The van der Waals surface area contributed by atoms with Gasteiger partial charge in [-0.1, -0.05) is 60.7 Å². The molecule has 98 valence electrons. The Hall–Kier alpha value is -2.06. The van der Waals surface area contributed by atoms with Gasteiger partial charge in [0.2, 0.25) is 0 Å². The largest absolute Gasteiger partial charge is 0.456 e. The van der Waals surface area contributed by atoms with Crippen LogP contribution in [0.25, 0.3) is 11.1 Å². The Morgan fingerprint density at radius 1 is 0.650 bits per heavy atom. The first-order chi connectivity index (χ1) is 9.84. The molecular weight excluding hydrogens is 312 g/mol. The fourth-order valence-corrected chi connectivity index (χ4v) is 2.51. The topological polar surface area (TPSA) is 9.23 Å². The van der Waals surface area contributed by atoms with Crippen molar-refractivity contribution in [2.75, 3.05) is 0 Å². The third kappa shape index (κ3) is 2.75. The standard InChI is InChI=1S/C18H13BrO/c19-17-13-7-12-16(14-8-3-1-4-9-14)18(17)20-15-10-5-2-6-11-15/h1-13H. The van der Waals surface area contributed by atoms with Gasteiger partial charge in [-0.3, -0.25) is 0 Å². The van der Waals surface area contributed by atoms with Gasteiger partial charge in [0.05, 0.1) is 4.47 Å². The quantitative estimate of drug-likeness (QED) is 0.582. The van der Waals surface area contributed by atoms with Gasteiger partial charge in [0.25, 0.3) is 0 Å². The molecule has 0 aromatic heterocycles. The summed E-state index contributed by atoms with van der Waals surface area (Å²) in [6.07, 6.45) is 0. The first-order valence-corrected chi connectivity index (χ1v) is 7.21. The summed E-state index contributed by atoms with van der Waals surface area (Å²) in [6.45, 7) is 0. The van der Waals surface area contributed by atoms with Gasteiger partial charge in [0.15, 0.2) is 0 Å². The van der Waals surface area contributed by atoms with Crippen molar-refractivity contribution in [2.24, 2.45) is 0 Å². The zero-order valence-electron chi connectivity index (χ0n) is 10.8. The molecule has 0 radical (unpaired) electrons. The zero-order chi connectivity index (χ0) is 13.8. The van der Waals surface area contributed by atoms with Crippen molar-refractivity contribution in [3.63, 3.8) is 0 Å². The van der Waals surface area contributed by atoms with Gasteiger partial charge >= 0.3 is 0 Å². The molecule has 0 fully saturated rings. The van der Waals surface area contributed by atoms with Crippen LogP contribution >= 0.6 is 15.9 Å². The molecule has 0 aliphatic carbocycles. The molecule has 0 amide bonds. The molecule has 20 heavy (non-hydrogen) atoms. The molecule has 0 N–H and O–H groups in total. The number of halogens is 1. The van der Waals surface area contributed by atoms with Crippen molar-refractivity contribution in [1.82, 2.24) is 0 Å². The van der Waals surface area contributed by atoms with Crippen LogP contribution in [0.15, 0.2) is 83.3 Å². The number of hydrogen-bond donors (Lipinski definition) is 0. The van der Waals surface area contributed by atoms with Crippen molar-refractivity contribution in [1.29, 1.82) is 0 Å². The highest BCUT2D eigenvalue weighted by Gasteiger charge is 2.10. The molecule has 0 atom stereocenters.